The molecular weight excluding hydrogens is 222 g/mol. The van der Waals surface area contributed by atoms with Crippen LogP contribution in [0, 0.1) is 0 Å². The first-order chi connectivity index (χ1) is 8.88. The third-order valence-corrected chi connectivity index (χ3v) is 2.79. The standard InChI is InChI=1S/C14H13NO.C2H6/c1-2-16-10-7-8-12-11-5-3-4-6-13(11)15-14(12)9-10;1-2/h3-9,15H,2H2,1H3;1-2H3. The molecule has 0 aliphatic rings. The number of hydrogen-bond donors (Lipinski definition) is 1. The van der Waals surface area contributed by atoms with Crippen molar-refractivity contribution in [3.63, 3.8) is 0 Å². The van der Waals surface area contributed by atoms with E-state index in [9.17, 15) is 0 Å². The van der Waals surface area contributed by atoms with Crippen LogP contribution in [0.4, 0.5) is 0 Å². The van der Waals surface area contributed by atoms with Crippen molar-refractivity contribution in [1.82, 2.24) is 4.98 Å². The highest BCUT2D eigenvalue weighted by atomic mass is 16.5. The Kier molecular flexibility index (Phi) is 3.88. The van der Waals surface area contributed by atoms with Crippen molar-refractivity contribution in [3.05, 3.63) is 42.5 Å². The van der Waals surface area contributed by atoms with E-state index in [1.165, 1.54) is 16.3 Å². The van der Waals surface area contributed by atoms with Gasteiger partial charge in [0.05, 0.1) is 12.1 Å². The number of ether oxygens (including phenoxy) is 1. The van der Waals surface area contributed by atoms with Crippen LogP contribution in [-0.2, 0) is 0 Å². The van der Waals surface area contributed by atoms with Gasteiger partial charge in [-0.15, -0.1) is 0 Å². The van der Waals surface area contributed by atoms with Gasteiger partial charge in [0.1, 0.15) is 5.75 Å². The third kappa shape index (κ3) is 2.19. The molecular formula is C16H19NO. The number of fused-ring (bicyclic) bond motifs is 3. The minimum absolute atomic E-state index is 0.700. The lowest BCUT2D eigenvalue weighted by Crippen LogP contribution is -1.90. The molecule has 2 aromatic carbocycles. The van der Waals surface area contributed by atoms with Crippen LogP contribution in [0.2, 0.25) is 0 Å². The molecule has 0 unspecified atom stereocenters. The summed E-state index contributed by atoms with van der Waals surface area (Å²) in [6.45, 7) is 6.70. The first-order valence-electron chi connectivity index (χ1n) is 6.52. The molecule has 0 aliphatic heterocycles. The van der Waals surface area contributed by atoms with Gasteiger partial charge in [0.2, 0.25) is 0 Å². The van der Waals surface area contributed by atoms with E-state index in [0.29, 0.717) is 6.61 Å². The van der Waals surface area contributed by atoms with Crippen LogP contribution in [0.5, 0.6) is 5.75 Å². The zero-order valence-corrected chi connectivity index (χ0v) is 11.2. The highest BCUT2D eigenvalue weighted by Crippen LogP contribution is 2.27. The molecule has 0 bridgehead atoms. The van der Waals surface area contributed by atoms with Crippen molar-refractivity contribution in [2.45, 2.75) is 20.8 Å². The summed E-state index contributed by atoms with van der Waals surface area (Å²) in [6, 6.07) is 14.5. The molecule has 0 atom stereocenters. The van der Waals surface area contributed by atoms with Crippen molar-refractivity contribution >= 4 is 21.8 Å². The minimum Gasteiger partial charge on any atom is -0.494 e. The largest absolute Gasteiger partial charge is 0.494 e. The molecule has 3 rings (SSSR count). The topological polar surface area (TPSA) is 25.0 Å². The quantitative estimate of drug-likeness (QED) is 0.688. The Morgan fingerprint density at radius 1 is 0.944 bits per heavy atom. The molecule has 1 aromatic heterocycles. The van der Waals surface area contributed by atoms with Gasteiger partial charge in [-0.05, 0) is 25.1 Å². The SMILES string of the molecule is CC.CCOc1ccc2c(c1)[nH]c1ccccc12. The van der Waals surface area contributed by atoms with Crippen LogP contribution >= 0.6 is 0 Å². The lowest BCUT2D eigenvalue weighted by Gasteiger charge is -2.01. The van der Waals surface area contributed by atoms with Crippen LogP contribution in [-0.4, -0.2) is 11.6 Å². The lowest BCUT2D eigenvalue weighted by molar-refractivity contribution is 0.340. The van der Waals surface area contributed by atoms with Crippen molar-refractivity contribution in [3.8, 4) is 5.75 Å². The Morgan fingerprint density at radius 2 is 1.67 bits per heavy atom. The summed E-state index contributed by atoms with van der Waals surface area (Å²) in [7, 11) is 0. The fraction of sp³-hybridized carbons (Fsp3) is 0.250. The highest BCUT2D eigenvalue weighted by Gasteiger charge is 2.03. The first kappa shape index (κ1) is 12.5. The Bertz CT molecular complexity index is 640. The average molecular weight is 241 g/mol. The molecule has 0 saturated carbocycles. The second kappa shape index (κ2) is 5.58. The van der Waals surface area contributed by atoms with Crippen molar-refractivity contribution in [2.75, 3.05) is 6.61 Å². The van der Waals surface area contributed by atoms with E-state index >= 15 is 0 Å². The molecule has 2 heteroatoms. The minimum atomic E-state index is 0.700. The van der Waals surface area contributed by atoms with Crippen molar-refractivity contribution in [2.24, 2.45) is 0 Å². The molecule has 94 valence electrons. The summed E-state index contributed by atoms with van der Waals surface area (Å²) >= 11 is 0. The summed E-state index contributed by atoms with van der Waals surface area (Å²) in [5, 5.41) is 2.51. The summed E-state index contributed by atoms with van der Waals surface area (Å²) in [5.74, 6) is 0.918. The fourth-order valence-electron chi connectivity index (χ4n) is 2.09. The second-order valence-electron chi connectivity index (χ2n) is 3.81. The van der Waals surface area contributed by atoms with E-state index in [-0.39, 0.29) is 0 Å². The molecule has 0 spiro atoms. The Morgan fingerprint density at radius 3 is 2.44 bits per heavy atom. The summed E-state index contributed by atoms with van der Waals surface area (Å²) in [6.07, 6.45) is 0. The summed E-state index contributed by atoms with van der Waals surface area (Å²) < 4.78 is 5.49. The van der Waals surface area contributed by atoms with Gasteiger partial charge in [-0.1, -0.05) is 32.0 Å². The molecule has 1 heterocycles. The van der Waals surface area contributed by atoms with E-state index in [1.54, 1.807) is 0 Å². The number of para-hydroxylation sites is 1. The van der Waals surface area contributed by atoms with Crippen molar-refractivity contribution < 1.29 is 4.74 Å². The number of nitrogens with one attached hydrogen (secondary N) is 1. The molecule has 1 N–H and O–H groups in total. The molecule has 0 fully saturated rings. The van der Waals surface area contributed by atoms with Crippen LogP contribution in [0.15, 0.2) is 42.5 Å². The maximum absolute atomic E-state index is 5.49. The van der Waals surface area contributed by atoms with Gasteiger partial charge < -0.3 is 9.72 Å². The zero-order chi connectivity index (χ0) is 13.0. The predicted molar refractivity (Wildman–Crippen MR) is 78.3 cm³/mol. The number of rotatable bonds is 2. The van der Waals surface area contributed by atoms with E-state index < -0.39 is 0 Å². The molecule has 2 nitrogen and oxygen atoms in total. The Balaban J connectivity index is 0.000000574. The van der Waals surface area contributed by atoms with E-state index in [4.69, 9.17) is 4.74 Å². The molecule has 0 aliphatic carbocycles. The average Bonchev–Trinajstić information content (AvgIpc) is 2.79. The van der Waals surface area contributed by atoms with Gasteiger partial charge in [0, 0.05) is 22.4 Å². The van der Waals surface area contributed by atoms with Crippen LogP contribution in [0.25, 0.3) is 21.8 Å². The number of H-pyrrole nitrogens is 1. The second-order valence-corrected chi connectivity index (χ2v) is 3.81. The van der Waals surface area contributed by atoms with E-state index in [0.717, 1.165) is 11.3 Å². The Labute approximate surface area is 108 Å². The van der Waals surface area contributed by atoms with Crippen LogP contribution in [0.3, 0.4) is 0 Å². The molecule has 18 heavy (non-hydrogen) atoms. The normalized spacial score (nSPS) is 10.2. The fourth-order valence-corrected chi connectivity index (χ4v) is 2.09. The van der Waals surface area contributed by atoms with E-state index in [2.05, 4.69) is 35.3 Å². The maximum Gasteiger partial charge on any atom is 0.121 e. The summed E-state index contributed by atoms with van der Waals surface area (Å²) in [5.41, 5.74) is 2.30. The zero-order valence-electron chi connectivity index (χ0n) is 11.2. The van der Waals surface area contributed by atoms with Gasteiger partial charge in [-0.2, -0.15) is 0 Å². The smallest absolute Gasteiger partial charge is 0.121 e. The molecule has 0 radical (unpaired) electrons. The van der Waals surface area contributed by atoms with Crippen molar-refractivity contribution in [1.29, 1.82) is 0 Å². The van der Waals surface area contributed by atoms with Gasteiger partial charge in [-0.25, -0.2) is 0 Å². The van der Waals surface area contributed by atoms with E-state index in [1.807, 2.05) is 32.9 Å². The third-order valence-electron chi connectivity index (χ3n) is 2.79. The Hall–Kier alpha value is -1.96. The van der Waals surface area contributed by atoms with Gasteiger partial charge >= 0.3 is 0 Å². The molecule has 0 amide bonds. The number of aromatic nitrogens is 1. The summed E-state index contributed by atoms with van der Waals surface area (Å²) in [4.78, 5) is 3.40. The van der Waals surface area contributed by atoms with Gasteiger partial charge in [0.15, 0.2) is 0 Å². The molecule has 3 aromatic rings. The monoisotopic (exact) mass is 241 g/mol. The highest BCUT2D eigenvalue weighted by molar-refractivity contribution is 6.07. The van der Waals surface area contributed by atoms with Crippen LogP contribution in [0.1, 0.15) is 20.8 Å². The van der Waals surface area contributed by atoms with Gasteiger partial charge in [0.25, 0.3) is 0 Å². The lowest BCUT2D eigenvalue weighted by atomic mass is 10.1. The number of hydrogen-bond acceptors (Lipinski definition) is 1. The number of benzene rings is 2. The maximum atomic E-state index is 5.49. The van der Waals surface area contributed by atoms with Crippen LogP contribution < -0.4 is 4.74 Å². The first-order valence-corrected chi connectivity index (χ1v) is 6.52. The number of aromatic amines is 1. The molecule has 0 saturated heterocycles. The predicted octanol–water partition coefficient (Wildman–Crippen LogP) is 4.75. The van der Waals surface area contributed by atoms with Gasteiger partial charge in [-0.3, -0.25) is 0 Å².